The number of aliphatic carboxylic acids is 1. The molecule has 0 radical (unpaired) electrons. The molecule has 0 saturated heterocycles. The highest BCUT2D eigenvalue weighted by Gasteiger charge is 2.10. The lowest BCUT2D eigenvalue weighted by Gasteiger charge is -2.03. The maximum Gasteiger partial charge on any atom is 0.331 e. The van der Waals surface area contributed by atoms with Crippen molar-refractivity contribution >= 4 is 11.9 Å². The van der Waals surface area contributed by atoms with Crippen LogP contribution in [0.15, 0.2) is 11.1 Å². The van der Waals surface area contributed by atoms with Crippen LogP contribution in [0.1, 0.15) is 20.8 Å². The Morgan fingerprint density at radius 1 is 1.25 bits per heavy atom. The van der Waals surface area contributed by atoms with Gasteiger partial charge in [-0.1, -0.05) is 0 Å². The van der Waals surface area contributed by atoms with Gasteiger partial charge >= 0.3 is 5.97 Å². The SMILES string of the molecule is CCNC(=O)/C(C)=C(/C)C(=O)O. The normalized spacial score (nSPS) is 11.9. The number of amides is 1. The average molecular weight is 171 g/mol. The molecule has 0 unspecified atom stereocenters. The first-order chi connectivity index (χ1) is 5.50. The lowest BCUT2D eigenvalue weighted by atomic mass is 10.1. The molecule has 0 rings (SSSR count). The molecule has 0 heterocycles. The molecule has 1 amide bonds. The third-order valence-electron chi connectivity index (χ3n) is 1.56. The summed E-state index contributed by atoms with van der Waals surface area (Å²) < 4.78 is 0. The van der Waals surface area contributed by atoms with Crippen molar-refractivity contribution in [3.63, 3.8) is 0 Å². The summed E-state index contributed by atoms with van der Waals surface area (Å²) in [5, 5.41) is 11.1. The highest BCUT2D eigenvalue weighted by atomic mass is 16.4. The van der Waals surface area contributed by atoms with Crippen LogP contribution in [-0.4, -0.2) is 23.5 Å². The van der Waals surface area contributed by atoms with Crippen LogP contribution in [-0.2, 0) is 9.59 Å². The number of hydrogen-bond donors (Lipinski definition) is 2. The zero-order valence-corrected chi connectivity index (χ0v) is 7.47. The van der Waals surface area contributed by atoms with Gasteiger partial charge in [-0.05, 0) is 20.8 Å². The van der Waals surface area contributed by atoms with E-state index >= 15 is 0 Å². The molecule has 0 atom stereocenters. The third kappa shape index (κ3) is 2.74. The topological polar surface area (TPSA) is 66.4 Å². The van der Waals surface area contributed by atoms with Crippen molar-refractivity contribution in [3.05, 3.63) is 11.1 Å². The zero-order valence-electron chi connectivity index (χ0n) is 7.47. The second-order valence-corrected chi connectivity index (χ2v) is 2.41. The van der Waals surface area contributed by atoms with Gasteiger partial charge in [0.25, 0.3) is 0 Å². The molecule has 4 nitrogen and oxygen atoms in total. The average Bonchev–Trinajstić information content (AvgIpc) is 2.02. The van der Waals surface area contributed by atoms with Crippen molar-refractivity contribution in [1.29, 1.82) is 0 Å². The summed E-state index contributed by atoms with van der Waals surface area (Å²) in [4.78, 5) is 21.5. The van der Waals surface area contributed by atoms with Crippen LogP contribution in [0.4, 0.5) is 0 Å². The van der Waals surface area contributed by atoms with E-state index in [9.17, 15) is 9.59 Å². The van der Waals surface area contributed by atoms with Crippen molar-refractivity contribution in [2.45, 2.75) is 20.8 Å². The Morgan fingerprint density at radius 3 is 2.08 bits per heavy atom. The Hall–Kier alpha value is -1.32. The van der Waals surface area contributed by atoms with E-state index in [1.165, 1.54) is 13.8 Å². The fourth-order valence-electron chi connectivity index (χ4n) is 0.624. The summed E-state index contributed by atoms with van der Waals surface area (Å²) in [7, 11) is 0. The summed E-state index contributed by atoms with van der Waals surface area (Å²) in [5.41, 5.74) is 0.338. The van der Waals surface area contributed by atoms with E-state index < -0.39 is 5.97 Å². The molecule has 0 bridgehead atoms. The second-order valence-electron chi connectivity index (χ2n) is 2.41. The highest BCUT2D eigenvalue weighted by Crippen LogP contribution is 2.02. The van der Waals surface area contributed by atoms with Gasteiger partial charge in [-0.15, -0.1) is 0 Å². The van der Waals surface area contributed by atoms with Gasteiger partial charge in [0.15, 0.2) is 0 Å². The molecule has 4 heteroatoms. The summed E-state index contributed by atoms with van der Waals surface area (Å²) in [6, 6.07) is 0. The molecular weight excluding hydrogens is 158 g/mol. The number of likely N-dealkylation sites (N-methyl/N-ethyl adjacent to an activating group) is 1. The predicted molar refractivity (Wildman–Crippen MR) is 44.7 cm³/mol. The van der Waals surface area contributed by atoms with Gasteiger partial charge in [0.1, 0.15) is 0 Å². The van der Waals surface area contributed by atoms with Crippen molar-refractivity contribution in [1.82, 2.24) is 5.32 Å². The van der Waals surface area contributed by atoms with E-state index in [0.29, 0.717) is 6.54 Å². The van der Waals surface area contributed by atoms with Crippen LogP contribution >= 0.6 is 0 Å². The fourth-order valence-corrected chi connectivity index (χ4v) is 0.624. The Bertz CT molecular complexity index is 230. The molecule has 0 aromatic heterocycles. The van der Waals surface area contributed by atoms with Gasteiger partial charge in [0.2, 0.25) is 5.91 Å². The maximum atomic E-state index is 11.1. The van der Waals surface area contributed by atoms with Crippen LogP contribution in [0.3, 0.4) is 0 Å². The van der Waals surface area contributed by atoms with Crippen LogP contribution in [0.25, 0.3) is 0 Å². The molecule has 2 N–H and O–H groups in total. The number of carbonyl (C=O) groups excluding carboxylic acids is 1. The molecule has 0 aliphatic heterocycles. The number of rotatable bonds is 3. The summed E-state index contributed by atoms with van der Waals surface area (Å²) in [5.74, 6) is -1.38. The van der Waals surface area contributed by atoms with Crippen molar-refractivity contribution < 1.29 is 14.7 Å². The second kappa shape index (κ2) is 4.54. The van der Waals surface area contributed by atoms with Crippen molar-refractivity contribution in [2.24, 2.45) is 0 Å². The molecule has 0 spiro atoms. The number of carboxylic acid groups (broad SMARTS) is 1. The van der Waals surface area contributed by atoms with Crippen LogP contribution < -0.4 is 5.32 Å². The molecular formula is C8H13NO3. The lowest BCUT2D eigenvalue weighted by Crippen LogP contribution is -2.25. The summed E-state index contributed by atoms with van der Waals surface area (Å²) in [6.45, 7) is 5.19. The van der Waals surface area contributed by atoms with Gasteiger partial charge in [-0.2, -0.15) is 0 Å². The third-order valence-corrected chi connectivity index (χ3v) is 1.56. The smallest absolute Gasteiger partial charge is 0.331 e. The zero-order chi connectivity index (χ0) is 9.72. The standard InChI is InChI=1S/C8H13NO3/c1-4-9-7(10)5(2)6(3)8(11)12/h4H2,1-3H3,(H,9,10)(H,11,12)/b6-5-. The fraction of sp³-hybridized carbons (Fsp3) is 0.500. The number of carboxylic acids is 1. The first kappa shape index (κ1) is 10.7. The minimum atomic E-state index is -1.06. The monoisotopic (exact) mass is 171 g/mol. The van der Waals surface area contributed by atoms with Crippen LogP contribution in [0, 0.1) is 0 Å². The quantitative estimate of drug-likeness (QED) is 0.609. The van der Waals surface area contributed by atoms with Gasteiger partial charge in [-0.25, -0.2) is 4.79 Å². The molecule has 68 valence electrons. The van der Waals surface area contributed by atoms with Gasteiger partial charge in [0, 0.05) is 17.7 Å². The Kier molecular flexibility index (Phi) is 4.04. The van der Waals surface area contributed by atoms with E-state index in [1.807, 2.05) is 0 Å². The van der Waals surface area contributed by atoms with Crippen LogP contribution in [0.5, 0.6) is 0 Å². The van der Waals surface area contributed by atoms with E-state index in [4.69, 9.17) is 5.11 Å². The maximum absolute atomic E-state index is 11.1. The van der Waals surface area contributed by atoms with Crippen molar-refractivity contribution in [2.75, 3.05) is 6.54 Å². The first-order valence-corrected chi connectivity index (χ1v) is 3.69. The van der Waals surface area contributed by atoms with Gasteiger partial charge in [-0.3, -0.25) is 4.79 Å². The molecule has 0 aromatic rings. The molecule has 0 fully saturated rings. The molecule has 12 heavy (non-hydrogen) atoms. The first-order valence-electron chi connectivity index (χ1n) is 3.69. The largest absolute Gasteiger partial charge is 0.478 e. The number of carbonyl (C=O) groups is 2. The highest BCUT2D eigenvalue weighted by molar-refractivity contribution is 6.01. The minimum absolute atomic E-state index is 0.0842. The minimum Gasteiger partial charge on any atom is -0.478 e. The lowest BCUT2D eigenvalue weighted by molar-refractivity contribution is -0.133. The van der Waals surface area contributed by atoms with E-state index in [1.54, 1.807) is 6.92 Å². The van der Waals surface area contributed by atoms with Gasteiger partial charge < -0.3 is 10.4 Å². The Balaban J connectivity index is 4.55. The number of nitrogens with one attached hydrogen (secondary N) is 1. The Morgan fingerprint density at radius 2 is 1.75 bits per heavy atom. The Labute approximate surface area is 71.3 Å². The molecule has 0 saturated carbocycles. The van der Waals surface area contributed by atoms with Crippen LogP contribution in [0.2, 0.25) is 0 Å². The molecule has 0 aliphatic rings. The van der Waals surface area contributed by atoms with E-state index in [0.717, 1.165) is 0 Å². The summed E-state index contributed by atoms with van der Waals surface area (Å²) in [6.07, 6.45) is 0. The predicted octanol–water partition coefficient (Wildman–Crippen LogP) is 0.544. The summed E-state index contributed by atoms with van der Waals surface area (Å²) >= 11 is 0. The molecule has 0 aromatic carbocycles. The van der Waals surface area contributed by atoms with Gasteiger partial charge in [0.05, 0.1) is 0 Å². The van der Waals surface area contributed by atoms with Crippen molar-refractivity contribution in [3.8, 4) is 0 Å². The van der Waals surface area contributed by atoms with E-state index in [-0.39, 0.29) is 17.1 Å². The molecule has 0 aliphatic carbocycles. The van der Waals surface area contributed by atoms with E-state index in [2.05, 4.69) is 5.32 Å². The number of hydrogen-bond acceptors (Lipinski definition) is 2.